The molecule has 1 aliphatic carbocycles. The molecule has 1 N–H and O–H groups in total. The quantitative estimate of drug-likeness (QED) is 0.527. The van der Waals surface area contributed by atoms with Gasteiger partial charge >= 0.3 is 0 Å². The number of halogens is 1. The Labute approximate surface area is 184 Å². The first-order valence-corrected chi connectivity index (χ1v) is 11.4. The lowest BCUT2D eigenvalue weighted by Crippen LogP contribution is -2.18. The molecule has 7 nitrogen and oxygen atoms in total. The number of anilines is 1. The molecular formula is C21H24ClN5O2S. The Balaban J connectivity index is 1.50. The summed E-state index contributed by atoms with van der Waals surface area (Å²) in [6, 6.07) is 9.06. The van der Waals surface area contributed by atoms with Gasteiger partial charge in [0.1, 0.15) is 5.75 Å². The number of rotatable bonds is 7. The van der Waals surface area contributed by atoms with E-state index in [1.165, 1.54) is 31.0 Å². The van der Waals surface area contributed by atoms with Gasteiger partial charge in [-0.05, 0) is 43.2 Å². The summed E-state index contributed by atoms with van der Waals surface area (Å²) in [5.41, 5.74) is 0.547. The maximum atomic E-state index is 12.6. The standard InChI is InChI=1S/C21H24ClN5O2S/c1-29-18-10-9-16(22)13-17(18)23-19(28)14-30-21-25-24-20(15-7-3-2-4-8-15)27(21)26-11-5-6-12-26/h5-6,9-13,15H,2-4,7-8,14H2,1H3,(H,23,28). The molecule has 30 heavy (non-hydrogen) atoms. The van der Waals surface area contributed by atoms with Gasteiger partial charge < -0.3 is 10.1 Å². The lowest BCUT2D eigenvalue weighted by molar-refractivity contribution is -0.113. The normalized spacial score (nSPS) is 14.6. The van der Waals surface area contributed by atoms with Crippen LogP contribution in [0.4, 0.5) is 5.69 Å². The summed E-state index contributed by atoms with van der Waals surface area (Å²) in [6.45, 7) is 0. The lowest BCUT2D eigenvalue weighted by Gasteiger charge is -2.22. The zero-order valence-corrected chi connectivity index (χ0v) is 18.3. The minimum atomic E-state index is -0.165. The van der Waals surface area contributed by atoms with Gasteiger partial charge in [0.05, 0.1) is 18.6 Å². The molecule has 1 fully saturated rings. The third-order valence-corrected chi connectivity index (χ3v) is 6.35. The Hall–Kier alpha value is -2.45. The first-order valence-electron chi connectivity index (χ1n) is 10.0. The fourth-order valence-corrected chi connectivity index (χ4v) is 4.67. The average molecular weight is 446 g/mol. The highest BCUT2D eigenvalue weighted by Gasteiger charge is 2.24. The number of methoxy groups -OCH3 is 1. The van der Waals surface area contributed by atoms with Crippen molar-refractivity contribution in [3.05, 3.63) is 53.6 Å². The molecule has 1 aliphatic rings. The SMILES string of the molecule is COc1ccc(Cl)cc1NC(=O)CSc1nnc(C2CCCCC2)n1-n1cccc1. The first-order chi connectivity index (χ1) is 14.7. The van der Waals surface area contributed by atoms with Crippen LogP contribution in [0.3, 0.4) is 0 Å². The highest BCUT2D eigenvalue weighted by molar-refractivity contribution is 7.99. The number of nitrogens with zero attached hydrogens (tertiary/aromatic N) is 4. The number of aromatic nitrogens is 4. The third kappa shape index (κ3) is 4.65. The molecular weight excluding hydrogens is 422 g/mol. The Morgan fingerprint density at radius 1 is 1.23 bits per heavy atom. The number of thioether (sulfide) groups is 1. The zero-order valence-electron chi connectivity index (χ0n) is 16.8. The summed E-state index contributed by atoms with van der Waals surface area (Å²) < 4.78 is 9.29. The number of carbonyl (C=O) groups is 1. The summed E-state index contributed by atoms with van der Waals surface area (Å²) >= 11 is 7.41. The van der Waals surface area contributed by atoms with Crippen LogP contribution in [-0.4, -0.2) is 38.3 Å². The van der Waals surface area contributed by atoms with Gasteiger partial charge in [-0.25, -0.2) is 4.68 Å². The van der Waals surface area contributed by atoms with E-state index in [-0.39, 0.29) is 11.7 Å². The van der Waals surface area contributed by atoms with E-state index in [1.54, 1.807) is 25.3 Å². The smallest absolute Gasteiger partial charge is 0.234 e. The fraction of sp³-hybridized carbons (Fsp3) is 0.381. The van der Waals surface area contributed by atoms with Gasteiger partial charge in [-0.3, -0.25) is 9.47 Å². The van der Waals surface area contributed by atoms with E-state index < -0.39 is 0 Å². The van der Waals surface area contributed by atoms with Crippen LogP contribution in [0.2, 0.25) is 5.02 Å². The molecule has 0 saturated heterocycles. The van der Waals surface area contributed by atoms with E-state index in [0.717, 1.165) is 18.7 Å². The maximum absolute atomic E-state index is 12.6. The van der Waals surface area contributed by atoms with Gasteiger partial charge in [-0.15, -0.1) is 10.2 Å². The zero-order chi connectivity index (χ0) is 20.9. The topological polar surface area (TPSA) is 74.0 Å². The predicted octanol–water partition coefficient (Wildman–Crippen LogP) is 4.83. The Morgan fingerprint density at radius 2 is 2.00 bits per heavy atom. The molecule has 4 rings (SSSR count). The number of benzene rings is 1. The number of amides is 1. The lowest BCUT2D eigenvalue weighted by atomic mass is 9.89. The van der Waals surface area contributed by atoms with Crippen LogP contribution in [0.5, 0.6) is 5.75 Å². The highest BCUT2D eigenvalue weighted by atomic mass is 35.5. The molecule has 1 saturated carbocycles. The molecule has 1 aromatic carbocycles. The largest absolute Gasteiger partial charge is 0.495 e. The van der Waals surface area contributed by atoms with Gasteiger partial charge in [0.15, 0.2) is 5.82 Å². The van der Waals surface area contributed by atoms with E-state index in [0.29, 0.717) is 27.5 Å². The van der Waals surface area contributed by atoms with Crippen molar-refractivity contribution < 1.29 is 9.53 Å². The van der Waals surface area contributed by atoms with Crippen LogP contribution in [0, 0.1) is 0 Å². The molecule has 0 unspecified atom stereocenters. The number of hydrogen-bond donors (Lipinski definition) is 1. The van der Waals surface area contributed by atoms with Gasteiger partial charge in [0.2, 0.25) is 11.1 Å². The van der Waals surface area contributed by atoms with Crippen LogP contribution in [0.25, 0.3) is 0 Å². The van der Waals surface area contributed by atoms with Gasteiger partial charge in [0.25, 0.3) is 0 Å². The second kappa shape index (κ2) is 9.57. The van der Waals surface area contributed by atoms with Crippen molar-refractivity contribution in [2.75, 3.05) is 18.2 Å². The van der Waals surface area contributed by atoms with E-state index in [9.17, 15) is 4.79 Å². The molecule has 1 amide bonds. The molecule has 0 atom stereocenters. The van der Waals surface area contributed by atoms with Crippen LogP contribution in [0.1, 0.15) is 43.8 Å². The van der Waals surface area contributed by atoms with Crippen LogP contribution >= 0.6 is 23.4 Å². The van der Waals surface area contributed by atoms with E-state index in [2.05, 4.69) is 15.5 Å². The number of ether oxygens (including phenoxy) is 1. The molecule has 0 radical (unpaired) electrons. The maximum Gasteiger partial charge on any atom is 0.234 e. The molecule has 2 aromatic heterocycles. The molecule has 0 bridgehead atoms. The van der Waals surface area contributed by atoms with Crippen molar-refractivity contribution >= 4 is 35.0 Å². The first kappa shape index (κ1) is 20.8. The van der Waals surface area contributed by atoms with Crippen LogP contribution < -0.4 is 10.1 Å². The molecule has 0 aliphatic heterocycles. The minimum absolute atomic E-state index is 0.165. The number of nitrogens with one attached hydrogen (secondary N) is 1. The Kier molecular flexibility index (Phi) is 6.64. The second-order valence-electron chi connectivity index (χ2n) is 7.23. The van der Waals surface area contributed by atoms with Gasteiger partial charge in [-0.2, -0.15) is 0 Å². The molecule has 158 valence electrons. The fourth-order valence-electron chi connectivity index (χ4n) is 3.75. The average Bonchev–Trinajstić information content (AvgIpc) is 3.42. The summed E-state index contributed by atoms with van der Waals surface area (Å²) in [5, 5.41) is 13.0. The number of carbonyl (C=O) groups excluding carboxylic acids is 1. The van der Waals surface area contributed by atoms with Crippen molar-refractivity contribution in [2.45, 2.75) is 43.2 Å². The highest BCUT2D eigenvalue weighted by Crippen LogP contribution is 2.33. The Bertz CT molecular complexity index is 999. The monoisotopic (exact) mass is 445 g/mol. The molecule has 2 heterocycles. The summed E-state index contributed by atoms with van der Waals surface area (Å²) in [5.74, 6) is 1.95. The summed E-state index contributed by atoms with van der Waals surface area (Å²) in [6.07, 6.45) is 9.90. The molecule has 9 heteroatoms. The molecule has 3 aromatic rings. The van der Waals surface area contributed by atoms with Crippen molar-refractivity contribution in [3.63, 3.8) is 0 Å². The third-order valence-electron chi connectivity index (χ3n) is 5.19. The van der Waals surface area contributed by atoms with Crippen molar-refractivity contribution in [1.29, 1.82) is 0 Å². The van der Waals surface area contributed by atoms with Gasteiger partial charge in [0, 0.05) is 23.3 Å². The van der Waals surface area contributed by atoms with Crippen LogP contribution in [-0.2, 0) is 4.79 Å². The second-order valence-corrected chi connectivity index (χ2v) is 8.61. The van der Waals surface area contributed by atoms with Gasteiger partial charge in [-0.1, -0.05) is 42.6 Å². The number of hydrogen-bond acceptors (Lipinski definition) is 5. The minimum Gasteiger partial charge on any atom is -0.495 e. The van der Waals surface area contributed by atoms with E-state index >= 15 is 0 Å². The Morgan fingerprint density at radius 3 is 2.73 bits per heavy atom. The van der Waals surface area contributed by atoms with Crippen molar-refractivity contribution in [2.24, 2.45) is 0 Å². The van der Waals surface area contributed by atoms with Crippen LogP contribution in [0.15, 0.2) is 47.9 Å². The summed E-state index contributed by atoms with van der Waals surface area (Å²) in [7, 11) is 1.56. The molecule has 0 spiro atoms. The van der Waals surface area contributed by atoms with E-state index in [4.69, 9.17) is 16.3 Å². The summed E-state index contributed by atoms with van der Waals surface area (Å²) in [4.78, 5) is 12.6. The van der Waals surface area contributed by atoms with E-state index in [1.807, 2.05) is 33.9 Å². The van der Waals surface area contributed by atoms with Crippen molar-refractivity contribution in [3.8, 4) is 5.75 Å². The predicted molar refractivity (Wildman–Crippen MR) is 118 cm³/mol. The van der Waals surface area contributed by atoms with Crippen molar-refractivity contribution in [1.82, 2.24) is 19.5 Å².